The van der Waals surface area contributed by atoms with E-state index in [9.17, 15) is 20.2 Å². The summed E-state index contributed by atoms with van der Waals surface area (Å²) in [7, 11) is 0. The molecule has 0 saturated carbocycles. The van der Waals surface area contributed by atoms with Gasteiger partial charge in [-0.15, -0.1) is 0 Å². The largest absolute Gasteiger partial charge is 0.458 e. The summed E-state index contributed by atoms with van der Waals surface area (Å²) < 4.78 is 1.42. The Morgan fingerprint density at radius 3 is 1.43 bits per heavy atom. The number of hydrogen-bond donors (Lipinski definition) is 0. The average Bonchev–Trinajstić information content (AvgIpc) is 3.18. The third kappa shape index (κ3) is 10.3. The molecular formula is C19H37N5O4. The van der Waals surface area contributed by atoms with Gasteiger partial charge in [0.25, 0.3) is 11.8 Å². The van der Waals surface area contributed by atoms with E-state index in [1.54, 1.807) is 0 Å². The van der Waals surface area contributed by atoms with Crippen LogP contribution in [0.5, 0.6) is 0 Å². The van der Waals surface area contributed by atoms with Crippen molar-refractivity contribution in [3.63, 3.8) is 0 Å². The third-order valence-corrected chi connectivity index (χ3v) is 4.80. The van der Waals surface area contributed by atoms with Gasteiger partial charge < -0.3 is 24.7 Å². The van der Waals surface area contributed by atoms with Crippen LogP contribution in [0.1, 0.15) is 79.1 Å². The SMILES string of the molecule is CCCC[N+](CCCC)(CCCC)CCCC.O=[N+]([O-])c1c[n-]c([N+](=O)[O-])n1. The lowest BCUT2D eigenvalue weighted by Crippen LogP contribution is -2.50. The van der Waals surface area contributed by atoms with Gasteiger partial charge in [0, 0.05) is 0 Å². The summed E-state index contributed by atoms with van der Waals surface area (Å²) >= 11 is 0. The summed E-state index contributed by atoms with van der Waals surface area (Å²) in [5, 5.41) is 19.8. The fourth-order valence-corrected chi connectivity index (χ4v) is 3.10. The lowest BCUT2D eigenvalue weighted by atomic mass is 10.1. The van der Waals surface area contributed by atoms with Gasteiger partial charge in [-0.25, -0.2) is 4.98 Å². The summed E-state index contributed by atoms with van der Waals surface area (Å²) in [6.07, 6.45) is 11.8. The summed E-state index contributed by atoms with van der Waals surface area (Å²) in [5.74, 6) is -1.37. The number of hydrogen-bond acceptors (Lipinski definition) is 5. The van der Waals surface area contributed by atoms with Crippen LogP contribution in [-0.2, 0) is 0 Å². The second kappa shape index (κ2) is 15.0. The molecule has 1 aromatic heterocycles. The number of rotatable bonds is 14. The molecule has 162 valence electrons. The van der Waals surface area contributed by atoms with Gasteiger partial charge in [-0.2, -0.15) is 9.91 Å². The average molecular weight is 400 g/mol. The normalized spacial score (nSPS) is 11.0. The second-order valence-electron chi connectivity index (χ2n) is 7.19. The quantitative estimate of drug-likeness (QED) is 0.251. The highest BCUT2D eigenvalue weighted by Crippen LogP contribution is 2.16. The highest BCUT2D eigenvalue weighted by atomic mass is 16.6. The van der Waals surface area contributed by atoms with Gasteiger partial charge in [-0.1, -0.05) is 53.4 Å². The molecule has 0 aromatic carbocycles. The monoisotopic (exact) mass is 399 g/mol. The predicted octanol–water partition coefficient (Wildman–Crippen LogP) is 4.86. The molecule has 0 bridgehead atoms. The zero-order valence-electron chi connectivity index (χ0n) is 17.9. The molecule has 9 nitrogen and oxygen atoms in total. The number of quaternary nitrogens is 1. The van der Waals surface area contributed by atoms with Gasteiger partial charge in [0.2, 0.25) is 0 Å². The first kappa shape index (κ1) is 26.0. The summed E-state index contributed by atoms with van der Waals surface area (Å²) in [5.41, 5.74) is 0. The first-order chi connectivity index (χ1) is 13.4. The number of nitro groups is 2. The molecule has 0 spiro atoms. The van der Waals surface area contributed by atoms with E-state index in [1.807, 2.05) is 0 Å². The van der Waals surface area contributed by atoms with Crippen LogP contribution >= 0.6 is 0 Å². The minimum atomic E-state index is -0.896. The molecule has 9 heteroatoms. The van der Waals surface area contributed by atoms with Gasteiger partial charge in [-0.05, 0) is 30.6 Å². The van der Waals surface area contributed by atoms with Crippen molar-refractivity contribution < 1.29 is 14.3 Å². The van der Waals surface area contributed by atoms with Gasteiger partial charge >= 0.3 is 0 Å². The van der Waals surface area contributed by atoms with Crippen molar-refractivity contribution in [2.45, 2.75) is 79.1 Å². The molecule has 0 aliphatic heterocycles. The Morgan fingerprint density at radius 2 is 1.21 bits per heavy atom. The minimum Gasteiger partial charge on any atom is -0.458 e. The first-order valence-electron chi connectivity index (χ1n) is 10.5. The maximum atomic E-state index is 9.92. The van der Waals surface area contributed by atoms with E-state index in [2.05, 4.69) is 37.7 Å². The summed E-state index contributed by atoms with van der Waals surface area (Å²) in [6.45, 7) is 15.0. The van der Waals surface area contributed by atoms with Gasteiger partial charge in [-0.3, -0.25) is 0 Å². The van der Waals surface area contributed by atoms with Crippen molar-refractivity contribution in [3.8, 4) is 0 Å². The highest BCUT2D eigenvalue weighted by molar-refractivity contribution is 5.20. The topological polar surface area (TPSA) is 113 Å². The third-order valence-electron chi connectivity index (χ3n) is 4.80. The molecule has 0 atom stereocenters. The predicted molar refractivity (Wildman–Crippen MR) is 110 cm³/mol. The van der Waals surface area contributed by atoms with E-state index in [-0.39, 0.29) is 0 Å². The molecule has 1 aromatic rings. The standard InChI is InChI=1S/C16H36N.C3HN4O4/c1-5-9-13-17(14-10-6-2,15-11-7-3)16-12-8-4;8-6(9)2-1-4-3(5-2)7(10)11/h5-16H2,1-4H3;1H/q+1;-1. The zero-order valence-corrected chi connectivity index (χ0v) is 17.9. The molecule has 0 fully saturated rings. The maximum absolute atomic E-state index is 9.92. The molecule has 0 amide bonds. The first-order valence-corrected chi connectivity index (χ1v) is 10.5. The lowest BCUT2D eigenvalue weighted by molar-refractivity contribution is -0.929. The summed E-state index contributed by atoms with van der Waals surface area (Å²) in [6, 6.07) is 0. The smallest absolute Gasteiger partial charge is 0.283 e. The fraction of sp³-hybridized carbons (Fsp3) is 0.842. The Kier molecular flexibility index (Phi) is 13.9. The van der Waals surface area contributed by atoms with Crippen molar-refractivity contribution >= 4 is 11.8 Å². The Morgan fingerprint density at radius 1 is 0.821 bits per heavy atom. The zero-order chi connectivity index (χ0) is 21.4. The van der Waals surface area contributed by atoms with E-state index in [1.165, 1.54) is 82.0 Å². The number of unbranched alkanes of at least 4 members (excludes halogenated alkanes) is 4. The minimum absolute atomic E-state index is 0.614. The Balaban J connectivity index is 0.000000567. The van der Waals surface area contributed by atoms with Crippen molar-refractivity contribution in [2.24, 2.45) is 0 Å². The van der Waals surface area contributed by atoms with Crippen molar-refractivity contribution in [2.75, 3.05) is 26.2 Å². The lowest BCUT2D eigenvalue weighted by Gasteiger charge is -2.39. The molecule has 1 heterocycles. The van der Waals surface area contributed by atoms with Gasteiger partial charge in [0.1, 0.15) is 6.20 Å². The van der Waals surface area contributed by atoms with Crippen molar-refractivity contribution in [1.82, 2.24) is 9.97 Å². The van der Waals surface area contributed by atoms with Crippen LogP contribution in [0.4, 0.5) is 11.8 Å². The van der Waals surface area contributed by atoms with Crippen molar-refractivity contribution in [3.05, 3.63) is 26.4 Å². The summed E-state index contributed by atoms with van der Waals surface area (Å²) in [4.78, 5) is 24.2. The van der Waals surface area contributed by atoms with Crippen LogP contribution in [0.15, 0.2) is 6.20 Å². The molecular weight excluding hydrogens is 362 g/mol. The molecule has 1 rings (SSSR count). The van der Waals surface area contributed by atoms with Crippen LogP contribution < -0.4 is 4.98 Å². The molecule has 28 heavy (non-hydrogen) atoms. The van der Waals surface area contributed by atoms with E-state index < -0.39 is 21.6 Å². The Hall–Kier alpha value is -2.03. The van der Waals surface area contributed by atoms with Gasteiger partial charge in [0.15, 0.2) is 0 Å². The second-order valence-corrected chi connectivity index (χ2v) is 7.19. The number of nitrogens with zero attached hydrogens (tertiary/aromatic N) is 5. The van der Waals surface area contributed by atoms with E-state index >= 15 is 0 Å². The van der Waals surface area contributed by atoms with E-state index in [4.69, 9.17) is 0 Å². The van der Waals surface area contributed by atoms with Crippen LogP contribution in [0.3, 0.4) is 0 Å². The molecule has 0 aliphatic carbocycles. The van der Waals surface area contributed by atoms with Crippen molar-refractivity contribution in [1.29, 1.82) is 0 Å². The van der Waals surface area contributed by atoms with E-state index in [0.717, 1.165) is 6.20 Å². The van der Waals surface area contributed by atoms with Crippen LogP contribution in [-0.4, -0.2) is 45.5 Å². The molecule has 0 aliphatic rings. The fourth-order valence-electron chi connectivity index (χ4n) is 3.10. The van der Waals surface area contributed by atoms with Crippen LogP contribution in [0, 0.1) is 20.2 Å². The maximum Gasteiger partial charge on any atom is 0.283 e. The van der Waals surface area contributed by atoms with Crippen LogP contribution in [0.2, 0.25) is 0 Å². The Labute approximate surface area is 168 Å². The molecule has 0 saturated heterocycles. The van der Waals surface area contributed by atoms with Gasteiger partial charge in [0.05, 0.1) is 26.2 Å². The Bertz CT molecular complexity index is 496. The number of aromatic nitrogens is 2. The molecule has 0 radical (unpaired) electrons. The van der Waals surface area contributed by atoms with E-state index in [0.29, 0.717) is 0 Å². The number of imidazole rings is 1. The molecule has 0 N–H and O–H groups in total. The molecule has 0 unspecified atom stereocenters. The highest BCUT2D eigenvalue weighted by Gasteiger charge is 2.24. The van der Waals surface area contributed by atoms with Crippen LogP contribution in [0.25, 0.3) is 0 Å².